The molecule has 1 N–H and O–H groups in total. The molecule has 0 aromatic carbocycles. The van der Waals surface area contributed by atoms with E-state index in [1.165, 1.54) is 0 Å². The maximum atomic E-state index is 10.9. The Hall–Kier alpha value is -0.720. The average Bonchev–Trinajstić information content (AvgIpc) is 2.11. The molecule has 0 aromatic rings. The number of nitrogens with one attached hydrogen (secondary N) is 1. The van der Waals surface area contributed by atoms with Gasteiger partial charge in [0.25, 0.3) is 0 Å². The third kappa shape index (κ3) is 5.11. The quantitative estimate of drug-likeness (QED) is 0.220. The van der Waals surface area contributed by atoms with E-state index in [2.05, 4.69) is 9.47 Å². The zero-order valence-corrected chi connectivity index (χ0v) is 10.5. The van der Waals surface area contributed by atoms with Gasteiger partial charge in [0.2, 0.25) is 5.91 Å². The number of methoxy groups -OCH3 is 2. The van der Waals surface area contributed by atoms with E-state index in [9.17, 15) is 14.7 Å². The number of carbonyl (C=O) groups excluding carboxylic acids is 2. The fraction of sp³-hybridized carbons (Fsp3) is 0.429. The van der Waals surface area contributed by atoms with Crippen molar-refractivity contribution in [1.82, 2.24) is 5.32 Å². The molecule has 0 aromatic heterocycles. The first-order valence-electron chi connectivity index (χ1n) is 3.34. The Kier molecular flexibility index (Phi) is 8.61. The van der Waals surface area contributed by atoms with E-state index in [0.717, 1.165) is 21.1 Å². The molecular formula is C7H10NNaO5. The Bertz CT molecular complexity index is 250. The van der Waals surface area contributed by atoms with E-state index in [-0.39, 0.29) is 29.6 Å². The Balaban J connectivity index is 0. The van der Waals surface area contributed by atoms with Crippen LogP contribution in [-0.4, -0.2) is 26.1 Å². The molecule has 0 rings (SSSR count). The van der Waals surface area contributed by atoms with Gasteiger partial charge in [0, 0.05) is 6.92 Å². The Morgan fingerprint density at radius 1 is 1.21 bits per heavy atom. The summed E-state index contributed by atoms with van der Waals surface area (Å²) in [6, 6.07) is 0. The molecule has 0 saturated carbocycles. The molecule has 0 heterocycles. The van der Waals surface area contributed by atoms with Crippen LogP contribution in [0.25, 0.3) is 0 Å². The van der Waals surface area contributed by atoms with Crippen molar-refractivity contribution in [2.45, 2.75) is 6.92 Å². The molecule has 0 aliphatic rings. The molecule has 0 fully saturated rings. The van der Waals surface area contributed by atoms with Gasteiger partial charge in [-0.1, -0.05) is 0 Å². The van der Waals surface area contributed by atoms with Gasteiger partial charge in [0.1, 0.15) is 5.70 Å². The SMILES string of the molecule is COC(=O)/C(NC(C)=O)=C(/[O-])OC.[Na+]. The molecule has 0 bridgehead atoms. The first-order chi connectivity index (χ1) is 6.02. The standard InChI is InChI=1S/C7H11NO5.Na/c1-4(9)8-5(6(10)12-2)7(11)13-3;/h10H,1-3H3,(H,8,9);/q;+1/p-1/b6-5+;. The van der Waals surface area contributed by atoms with Crippen molar-refractivity contribution in [2.24, 2.45) is 0 Å². The van der Waals surface area contributed by atoms with E-state index in [1.807, 2.05) is 5.32 Å². The van der Waals surface area contributed by atoms with Gasteiger partial charge in [-0.2, -0.15) is 0 Å². The van der Waals surface area contributed by atoms with Crippen LogP contribution < -0.4 is 40.0 Å². The third-order valence-electron chi connectivity index (χ3n) is 1.08. The molecule has 6 nitrogen and oxygen atoms in total. The Morgan fingerprint density at radius 3 is 2.00 bits per heavy atom. The molecule has 0 aliphatic carbocycles. The summed E-state index contributed by atoms with van der Waals surface area (Å²) >= 11 is 0. The van der Waals surface area contributed by atoms with Gasteiger partial charge in [-0.15, -0.1) is 0 Å². The predicted molar refractivity (Wildman–Crippen MR) is 39.9 cm³/mol. The summed E-state index contributed by atoms with van der Waals surface area (Å²) in [4.78, 5) is 21.4. The molecule has 0 aliphatic heterocycles. The minimum absolute atomic E-state index is 0. The molecule has 0 saturated heterocycles. The summed E-state index contributed by atoms with van der Waals surface area (Å²) in [7, 11) is 2.18. The van der Waals surface area contributed by atoms with E-state index in [1.54, 1.807) is 0 Å². The van der Waals surface area contributed by atoms with Crippen LogP contribution in [-0.2, 0) is 19.1 Å². The van der Waals surface area contributed by atoms with Crippen LogP contribution in [0.15, 0.2) is 11.6 Å². The van der Waals surface area contributed by atoms with E-state index in [0.29, 0.717) is 0 Å². The molecule has 0 radical (unpaired) electrons. The fourth-order valence-corrected chi connectivity index (χ4v) is 0.566. The molecule has 0 spiro atoms. The summed E-state index contributed by atoms with van der Waals surface area (Å²) in [5.41, 5.74) is -0.530. The van der Waals surface area contributed by atoms with Crippen LogP contribution in [0.1, 0.15) is 6.92 Å². The molecule has 74 valence electrons. The van der Waals surface area contributed by atoms with Crippen molar-refractivity contribution >= 4 is 11.9 Å². The average molecular weight is 211 g/mol. The summed E-state index contributed by atoms with van der Waals surface area (Å²) in [6.45, 7) is 1.16. The molecular weight excluding hydrogens is 201 g/mol. The van der Waals surface area contributed by atoms with E-state index >= 15 is 0 Å². The number of hydrogen-bond acceptors (Lipinski definition) is 5. The summed E-state index contributed by atoms with van der Waals surface area (Å²) in [5, 5.41) is 12.9. The van der Waals surface area contributed by atoms with E-state index in [4.69, 9.17) is 0 Å². The molecule has 0 atom stereocenters. The first kappa shape index (κ1) is 15.7. The first-order valence-corrected chi connectivity index (χ1v) is 3.34. The second kappa shape index (κ2) is 7.66. The second-order valence-electron chi connectivity index (χ2n) is 2.04. The smallest absolute Gasteiger partial charge is 0.615 e. The largest absolute Gasteiger partial charge is 1.00 e. The van der Waals surface area contributed by atoms with Gasteiger partial charge >= 0.3 is 35.5 Å². The van der Waals surface area contributed by atoms with Crippen LogP contribution in [0.2, 0.25) is 0 Å². The van der Waals surface area contributed by atoms with Gasteiger partial charge < -0.3 is 19.9 Å². The van der Waals surface area contributed by atoms with Gasteiger partial charge in [0.05, 0.1) is 13.1 Å². The molecule has 0 unspecified atom stereocenters. The van der Waals surface area contributed by atoms with Gasteiger partial charge in [-0.3, -0.25) is 4.79 Å². The van der Waals surface area contributed by atoms with Crippen LogP contribution >= 0.6 is 0 Å². The zero-order chi connectivity index (χ0) is 10.4. The van der Waals surface area contributed by atoms with Gasteiger partial charge in [-0.05, 0) is 7.11 Å². The summed E-state index contributed by atoms with van der Waals surface area (Å²) in [5.74, 6) is -2.44. The van der Waals surface area contributed by atoms with Crippen molar-refractivity contribution in [3.63, 3.8) is 0 Å². The van der Waals surface area contributed by atoms with Crippen molar-refractivity contribution < 1.29 is 53.7 Å². The molecule has 14 heavy (non-hydrogen) atoms. The second-order valence-corrected chi connectivity index (χ2v) is 2.04. The zero-order valence-electron chi connectivity index (χ0n) is 8.54. The number of amides is 1. The predicted octanol–water partition coefficient (Wildman–Crippen LogP) is -4.52. The number of hydrogen-bond donors (Lipinski definition) is 1. The van der Waals surface area contributed by atoms with Crippen molar-refractivity contribution in [2.75, 3.05) is 14.2 Å². The van der Waals surface area contributed by atoms with Crippen LogP contribution in [0.3, 0.4) is 0 Å². The van der Waals surface area contributed by atoms with Crippen LogP contribution in [0.5, 0.6) is 0 Å². The fourth-order valence-electron chi connectivity index (χ4n) is 0.566. The number of carbonyl (C=O) groups is 2. The summed E-state index contributed by atoms with van der Waals surface area (Å²) in [6.07, 6.45) is 0. The maximum Gasteiger partial charge on any atom is 1.00 e. The van der Waals surface area contributed by atoms with Crippen molar-refractivity contribution in [3.8, 4) is 0 Å². The maximum absolute atomic E-state index is 10.9. The minimum Gasteiger partial charge on any atom is -0.615 e. The molecule has 7 heteroatoms. The van der Waals surface area contributed by atoms with Crippen LogP contribution in [0, 0.1) is 0 Å². The topological polar surface area (TPSA) is 87.7 Å². The van der Waals surface area contributed by atoms with Crippen molar-refractivity contribution in [1.29, 1.82) is 0 Å². The number of ether oxygens (including phenoxy) is 2. The Morgan fingerprint density at radius 2 is 1.71 bits per heavy atom. The van der Waals surface area contributed by atoms with Crippen LogP contribution in [0.4, 0.5) is 0 Å². The van der Waals surface area contributed by atoms with Gasteiger partial charge in [0.15, 0.2) is 0 Å². The molecule has 1 amide bonds. The summed E-state index contributed by atoms with van der Waals surface area (Å²) < 4.78 is 8.49. The third-order valence-corrected chi connectivity index (χ3v) is 1.08. The normalized spacial score (nSPS) is 10.5. The number of esters is 1. The van der Waals surface area contributed by atoms with Gasteiger partial charge in [-0.25, -0.2) is 4.79 Å². The monoisotopic (exact) mass is 211 g/mol. The Labute approximate surface area is 104 Å². The number of rotatable bonds is 3. The van der Waals surface area contributed by atoms with Crippen molar-refractivity contribution in [3.05, 3.63) is 11.6 Å². The van der Waals surface area contributed by atoms with E-state index < -0.39 is 23.5 Å². The minimum atomic E-state index is -0.943.